The van der Waals surface area contributed by atoms with Crippen molar-refractivity contribution in [1.82, 2.24) is 4.57 Å². The summed E-state index contributed by atoms with van der Waals surface area (Å²) in [5.41, 5.74) is 1.01. The topological polar surface area (TPSA) is 107 Å². The molecule has 0 atom stereocenters. The van der Waals surface area contributed by atoms with E-state index in [4.69, 9.17) is 4.74 Å². The maximum absolute atomic E-state index is 13.1. The highest BCUT2D eigenvalue weighted by molar-refractivity contribution is 7.92. The summed E-state index contributed by atoms with van der Waals surface area (Å²) in [5, 5.41) is 0. The number of sulfonamides is 1. The molecule has 0 bridgehead atoms. The summed E-state index contributed by atoms with van der Waals surface area (Å²) < 4.78 is 47.8. The van der Waals surface area contributed by atoms with Crippen LogP contribution in [0.2, 0.25) is 0 Å². The molecule has 0 unspecified atom stereocenters. The molecule has 0 radical (unpaired) electrons. The van der Waals surface area contributed by atoms with Gasteiger partial charge < -0.3 is 9.30 Å². The average molecular weight is 500 g/mol. The Morgan fingerprint density at radius 2 is 1.79 bits per heavy atom. The second-order valence-electron chi connectivity index (χ2n) is 7.07. The lowest BCUT2D eigenvalue weighted by Crippen LogP contribution is -2.22. The number of fused-ring (bicyclic) bond motifs is 1. The average Bonchev–Trinajstić information content (AvgIpc) is 3.15. The lowest BCUT2D eigenvalue weighted by Gasteiger charge is -2.09. The number of thiazole rings is 1. The van der Waals surface area contributed by atoms with Crippen LogP contribution < -0.4 is 9.52 Å². The first-order valence-electron chi connectivity index (χ1n) is 9.89. The highest BCUT2D eigenvalue weighted by Gasteiger charge is 2.16. The van der Waals surface area contributed by atoms with Gasteiger partial charge in [-0.05, 0) is 54.6 Å². The number of esters is 1. The fourth-order valence-electron chi connectivity index (χ4n) is 3.15. The van der Waals surface area contributed by atoms with Crippen LogP contribution in [0.15, 0.2) is 82.7 Å². The number of carbonyl (C=O) groups is 2. The molecule has 0 aliphatic rings. The third-order valence-electron chi connectivity index (χ3n) is 4.79. The molecule has 34 heavy (non-hydrogen) atoms. The summed E-state index contributed by atoms with van der Waals surface area (Å²) in [6.45, 7) is -0.121. The number of carbonyl (C=O) groups excluding carboxylic acids is 2. The number of ether oxygens (including phenoxy) is 1. The van der Waals surface area contributed by atoms with Gasteiger partial charge in [0.1, 0.15) is 12.4 Å². The first-order chi connectivity index (χ1) is 16.3. The van der Waals surface area contributed by atoms with E-state index >= 15 is 0 Å². The number of nitrogens with one attached hydrogen (secondary N) is 1. The largest absolute Gasteiger partial charge is 0.468 e. The monoisotopic (exact) mass is 499 g/mol. The van der Waals surface area contributed by atoms with Crippen LogP contribution in [0.25, 0.3) is 10.2 Å². The number of para-hydroxylation sites is 1. The Morgan fingerprint density at radius 3 is 2.53 bits per heavy atom. The third kappa shape index (κ3) is 5.05. The van der Waals surface area contributed by atoms with Crippen LogP contribution in [-0.4, -0.2) is 32.0 Å². The van der Waals surface area contributed by atoms with Crippen LogP contribution in [0.4, 0.5) is 10.1 Å². The van der Waals surface area contributed by atoms with E-state index < -0.39 is 27.7 Å². The van der Waals surface area contributed by atoms with E-state index in [0.29, 0.717) is 4.80 Å². The predicted molar refractivity (Wildman–Crippen MR) is 125 cm³/mol. The van der Waals surface area contributed by atoms with E-state index in [0.717, 1.165) is 34.5 Å². The smallest absolute Gasteiger partial charge is 0.325 e. The van der Waals surface area contributed by atoms with Gasteiger partial charge >= 0.3 is 5.97 Å². The molecule has 1 aromatic heterocycles. The van der Waals surface area contributed by atoms with Crippen LogP contribution in [0.5, 0.6) is 0 Å². The van der Waals surface area contributed by atoms with Crippen molar-refractivity contribution in [3.8, 4) is 0 Å². The van der Waals surface area contributed by atoms with E-state index in [1.165, 1.54) is 42.7 Å². The summed E-state index contributed by atoms with van der Waals surface area (Å²) in [5.74, 6) is -1.67. The second kappa shape index (κ2) is 9.57. The standard InChI is InChI=1S/C23H18FN3O5S2/c1-32-21(28)14-27-19-7-2-3-8-20(19)33-23(27)25-22(29)15-5-4-6-17(13-15)26-34(30,31)18-11-9-16(24)10-12-18/h2-13,26H,14H2,1H3. The molecular weight excluding hydrogens is 481 g/mol. The highest BCUT2D eigenvalue weighted by atomic mass is 32.2. The van der Waals surface area contributed by atoms with Crippen LogP contribution >= 0.6 is 11.3 Å². The first-order valence-corrected chi connectivity index (χ1v) is 12.2. The minimum absolute atomic E-state index is 0.121. The van der Waals surface area contributed by atoms with Gasteiger partial charge in [0.2, 0.25) is 0 Å². The molecule has 11 heteroatoms. The maximum atomic E-state index is 13.1. The zero-order valence-corrected chi connectivity index (χ0v) is 19.4. The molecule has 4 aromatic rings. The van der Waals surface area contributed by atoms with Crippen molar-refractivity contribution in [2.45, 2.75) is 11.4 Å². The molecule has 0 aliphatic heterocycles. The molecule has 0 aliphatic carbocycles. The number of amides is 1. The number of methoxy groups -OCH3 is 1. The van der Waals surface area contributed by atoms with E-state index in [1.54, 1.807) is 4.57 Å². The van der Waals surface area contributed by atoms with Crippen LogP contribution in [0, 0.1) is 5.82 Å². The summed E-state index contributed by atoms with van der Waals surface area (Å²) in [7, 11) is -2.71. The van der Waals surface area contributed by atoms with E-state index in [9.17, 15) is 22.4 Å². The van der Waals surface area contributed by atoms with Crippen molar-refractivity contribution in [1.29, 1.82) is 0 Å². The van der Waals surface area contributed by atoms with Gasteiger partial charge in [-0.15, -0.1) is 0 Å². The number of benzene rings is 3. The predicted octanol–water partition coefficient (Wildman–Crippen LogP) is 3.56. The number of nitrogens with zero attached hydrogens (tertiary/aromatic N) is 2. The molecular formula is C23H18FN3O5S2. The minimum Gasteiger partial charge on any atom is -0.468 e. The van der Waals surface area contributed by atoms with Gasteiger partial charge in [0, 0.05) is 11.3 Å². The molecule has 3 aromatic carbocycles. The summed E-state index contributed by atoms with van der Waals surface area (Å²) in [6.07, 6.45) is 0. The number of aromatic nitrogens is 1. The van der Waals surface area contributed by atoms with Crippen molar-refractivity contribution >= 4 is 49.1 Å². The molecule has 0 spiro atoms. The SMILES string of the molecule is COC(=O)Cn1c(=NC(=O)c2cccc(NS(=O)(=O)c3ccc(F)cc3)c2)sc2ccccc21. The fraction of sp³-hybridized carbons (Fsp3) is 0.0870. The zero-order chi connectivity index (χ0) is 24.3. The Labute approximate surface area is 198 Å². The van der Waals surface area contributed by atoms with E-state index in [1.807, 2.05) is 24.3 Å². The quantitative estimate of drug-likeness (QED) is 0.408. The Morgan fingerprint density at radius 1 is 1.06 bits per heavy atom. The molecule has 0 saturated carbocycles. The number of hydrogen-bond acceptors (Lipinski definition) is 6. The molecule has 1 N–H and O–H groups in total. The van der Waals surface area contributed by atoms with E-state index in [-0.39, 0.29) is 22.7 Å². The van der Waals surface area contributed by atoms with Crippen molar-refractivity contribution in [3.05, 3.63) is 89.0 Å². The van der Waals surface area contributed by atoms with Crippen molar-refractivity contribution in [2.75, 3.05) is 11.8 Å². The number of rotatable bonds is 6. The van der Waals surface area contributed by atoms with E-state index in [2.05, 4.69) is 9.71 Å². The molecule has 0 fully saturated rings. The Kier molecular flexibility index (Phi) is 6.57. The van der Waals surface area contributed by atoms with Crippen LogP contribution in [-0.2, 0) is 26.1 Å². The normalized spacial score (nSPS) is 12.0. The van der Waals surface area contributed by atoms with Crippen molar-refractivity contribution in [3.63, 3.8) is 0 Å². The summed E-state index contributed by atoms with van der Waals surface area (Å²) in [4.78, 5) is 29.2. The molecule has 1 amide bonds. The van der Waals surface area contributed by atoms with Gasteiger partial charge in [-0.1, -0.05) is 29.5 Å². The number of hydrogen-bond donors (Lipinski definition) is 1. The highest BCUT2D eigenvalue weighted by Crippen LogP contribution is 2.19. The number of halogens is 1. The maximum Gasteiger partial charge on any atom is 0.325 e. The van der Waals surface area contributed by atoms with Gasteiger partial charge in [0.15, 0.2) is 4.80 Å². The van der Waals surface area contributed by atoms with Gasteiger partial charge in [0.05, 0.1) is 22.2 Å². The summed E-state index contributed by atoms with van der Waals surface area (Å²) in [6, 6.07) is 17.5. The fourth-order valence-corrected chi connectivity index (χ4v) is 5.22. The Hall–Kier alpha value is -3.83. The summed E-state index contributed by atoms with van der Waals surface area (Å²) >= 11 is 1.24. The molecule has 1 heterocycles. The first kappa shape index (κ1) is 23.3. The van der Waals surface area contributed by atoms with Gasteiger partial charge in [-0.2, -0.15) is 4.99 Å². The van der Waals surface area contributed by atoms with Gasteiger partial charge in [-0.3, -0.25) is 14.3 Å². The lowest BCUT2D eigenvalue weighted by molar-refractivity contribution is -0.141. The second-order valence-corrected chi connectivity index (χ2v) is 9.76. The van der Waals surface area contributed by atoms with Crippen LogP contribution in [0.1, 0.15) is 10.4 Å². The number of anilines is 1. The zero-order valence-electron chi connectivity index (χ0n) is 17.8. The van der Waals surface area contributed by atoms with Gasteiger partial charge in [-0.25, -0.2) is 12.8 Å². The minimum atomic E-state index is -3.98. The van der Waals surface area contributed by atoms with Crippen LogP contribution in [0.3, 0.4) is 0 Å². The van der Waals surface area contributed by atoms with Crippen molar-refractivity contribution < 1.29 is 27.1 Å². The molecule has 174 valence electrons. The molecule has 4 rings (SSSR count). The van der Waals surface area contributed by atoms with Crippen molar-refractivity contribution in [2.24, 2.45) is 4.99 Å². The Bertz CT molecular complexity index is 1560. The third-order valence-corrected chi connectivity index (χ3v) is 7.24. The molecule has 8 nitrogen and oxygen atoms in total. The Balaban J connectivity index is 1.67. The van der Waals surface area contributed by atoms with Gasteiger partial charge in [0.25, 0.3) is 15.9 Å². The molecule has 0 saturated heterocycles. The lowest BCUT2D eigenvalue weighted by atomic mass is 10.2.